The largest absolute Gasteiger partial charge is 0.207 e. The fourth-order valence-corrected chi connectivity index (χ4v) is 2.53. The number of rotatable bonds is 2. The van der Waals surface area contributed by atoms with Crippen molar-refractivity contribution in [3.8, 4) is 6.07 Å². The first-order valence-corrected chi connectivity index (χ1v) is 6.12. The average molecular weight is 282 g/mol. The van der Waals surface area contributed by atoms with Gasteiger partial charge in [0.2, 0.25) is 0 Å². The molecular formula is C13H6ClF2NS. The van der Waals surface area contributed by atoms with Crippen LogP contribution in [0.1, 0.15) is 5.56 Å². The molecule has 0 atom stereocenters. The Hall–Kier alpha value is -1.57. The van der Waals surface area contributed by atoms with Crippen molar-refractivity contribution >= 4 is 23.4 Å². The molecule has 0 saturated heterocycles. The molecule has 0 aliphatic heterocycles. The summed E-state index contributed by atoms with van der Waals surface area (Å²) in [6.07, 6.45) is 0. The third-order valence-electron chi connectivity index (χ3n) is 2.18. The van der Waals surface area contributed by atoms with Crippen molar-refractivity contribution in [2.24, 2.45) is 0 Å². The van der Waals surface area contributed by atoms with Crippen molar-refractivity contribution in [1.29, 1.82) is 5.26 Å². The molecule has 18 heavy (non-hydrogen) atoms. The SMILES string of the molecule is N#Cc1ccc(Cl)cc1Sc1ccc(F)cc1F. The van der Waals surface area contributed by atoms with E-state index in [1.54, 1.807) is 18.2 Å². The molecule has 0 radical (unpaired) electrons. The summed E-state index contributed by atoms with van der Waals surface area (Å²) in [4.78, 5) is 0.783. The maximum Gasteiger partial charge on any atom is 0.140 e. The predicted molar refractivity (Wildman–Crippen MR) is 66.6 cm³/mol. The maximum absolute atomic E-state index is 13.5. The van der Waals surface area contributed by atoms with E-state index in [2.05, 4.69) is 0 Å². The number of nitrogens with zero attached hydrogens (tertiary/aromatic N) is 1. The van der Waals surface area contributed by atoms with Gasteiger partial charge in [0.25, 0.3) is 0 Å². The van der Waals surface area contributed by atoms with Gasteiger partial charge in [-0.25, -0.2) is 8.78 Å². The van der Waals surface area contributed by atoms with Gasteiger partial charge in [-0.2, -0.15) is 5.26 Å². The molecule has 0 spiro atoms. The number of hydrogen-bond donors (Lipinski definition) is 0. The Labute approximate surface area is 112 Å². The molecule has 90 valence electrons. The minimum absolute atomic E-state index is 0.246. The van der Waals surface area contributed by atoms with Crippen LogP contribution in [-0.2, 0) is 0 Å². The molecule has 5 heteroatoms. The molecule has 0 saturated carbocycles. The summed E-state index contributed by atoms with van der Waals surface area (Å²) in [6, 6.07) is 10.0. The highest BCUT2D eigenvalue weighted by atomic mass is 35.5. The minimum atomic E-state index is -0.663. The van der Waals surface area contributed by atoms with Gasteiger partial charge >= 0.3 is 0 Å². The third-order valence-corrected chi connectivity index (χ3v) is 3.52. The first-order chi connectivity index (χ1) is 8.60. The summed E-state index contributed by atoms with van der Waals surface area (Å²) in [7, 11) is 0. The van der Waals surface area contributed by atoms with Crippen LogP contribution in [0.3, 0.4) is 0 Å². The quantitative estimate of drug-likeness (QED) is 0.800. The lowest BCUT2D eigenvalue weighted by Crippen LogP contribution is -1.86. The van der Waals surface area contributed by atoms with E-state index >= 15 is 0 Å². The van der Waals surface area contributed by atoms with Gasteiger partial charge in [0.15, 0.2) is 0 Å². The van der Waals surface area contributed by atoms with E-state index in [9.17, 15) is 8.78 Å². The van der Waals surface area contributed by atoms with Crippen molar-refractivity contribution in [2.75, 3.05) is 0 Å². The molecule has 0 heterocycles. The number of hydrogen-bond acceptors (Lipinski definition) is 2. The van der Waals surface area contributed by atoms with Crippen LogP contribution >= 0.6 is 23.4 Å². The number of benzene rings is 2. The molecule has 0 aromatic heterocycles. The number of nitriles is 1. The second kappa shape index (κ2) is 5.38. The molecule has 0 fully saturated rings. The van der Waals surface area contributed by atoms with Crippen LogP contribution in [0.4, 0.5) is 8.78 Å². The highest BCUT2D eigenvalue weighted by Gasteiger charge is 2.09. The summed E-state index contributed by atoms with van der Waals surface area (Å²) in [5.74, 6) is -1.30. The average Bonchev–Trinajstić information content (AvgIpc) is 2.33. The lowest BCUT2D eigenvalue weighted by Gasteiger charge is -2.05. The summed E-state index contributed by atoms with van der Waals surface area (Å²) >= 11 is 6.87. The van der Waals surface area contributed by atoms with Crippen LogP contribution in [0.2, 0.25) is 5.02 Å². The van der Waals surface area contributed by atoms with Crippen LogP contribution in [0.5, 0.6) is 0 Å². The molecule has 1 nitrogen and oxygen atoms in total. The van der Waals surface area contributed by atoms with Gasteiger partial charge in [-0.15, -0.1) is 0 Å². The molecule has 2 rings (SSSR count). The molecule has 0 aliphatic carbocycles. The van der Waals surface area contributed by atoms with Crippen LogP contribution in [0, 0.1) is 23.0 Å². The Balaban J connectivity index is 2.40. The van der Waals surface area contributed by atoms with Gasteiger partial charge in [0.1, 0.15) is 17.7 Å². The van der Waals surface area contributed by atoms with E-state index in [0.29, 0.717) is 15.5 Å². The summed E-state index contributed by atoms with van der Waals surface area (Å²) < 4.78 is 26.3. The Kier molecular flexibility index (Phi) is 3.85. The topological polar surface area (TPSA) is 23.8 Å². The second-order valence-electron chi connectivity index (χ2n) is 3.43. The zero-order valence-corrected chi connectivity index (χ0v) is 10.5. The van der Waals surface area contributed by atoms with E-state index in [1.807, 2.05) is 6.07 Å². The van der Waals surface area contributed by atoms with E-state index in [4.69, 9.17) is 16.9 Å². The zero-order valence-electron chi connectivity index (χ0n) is 8.95. The normalized spacial score (nSPS) is 10.1. The highest BCUT2D eigenvalue weighted by molar-refractivity contribution is 7.99. The van der Waals surface area contributed by atoms with Crippen molar-refractivity contribution in [3.05, 3.63) is 58.6 Å². The molecule has 0 bridgehead atoms. The first kappa shape index (κ1) is 12.9. The molecule has 2 aromatic rings. The van der Waals surface area contributed by atoms with Gasteiger partial charge in [-0.3, -0.25) is 0 Å². The molecule has 0 aliphatic rings. The van der Waals surface area contributed by atoms with E-state index in [1.165, 1.54) is 12.1 Å². The summed E-state index contributed by atoms with van der Waals surface area (Å²) in [5, 5.41) is 9.40. The van der Waals surface area contributed by atoms with Gasteiger partial charge in [0, 0.05) is 20.9 Å². The third kappa shape index (κ3) is 2.81. The van der Waals surface area contributed by atoms with Crippen LogP contribution in [0.25, 0.3) is 0 Å². The van der Waals surface area contributed by atoms with Gasteiger partial charge < -0.3 is 0 Å². The highest BCUT2D eigenvalue weighted by Crippen LogP contribution is 2.33. The van der Waals surface area contributed by atoms with Gasteiger partial charge in [0.05, 0.1) is 5.56 Å². The van der Waals surface area contributed by atoms with Crippen molar-refractivity contribution in [1.82, 2.24) is 0 Å². The number of halogens is 3. The summed E-state index contributed by atoms with van der Waals surface area (Å²) in [5.41, 5.74) is 0.396. The smallest absolute Gasteiger partial charge is 0.140 e. The van der Waals surface area contributed by atoms with Gasteiger partial charge in [-0.05, 0) is 30.3 Å². The van der Waals surface area contributed by atoms with Crippen LogP contribution in [0.15, 0.2) is 46.2 Å². The minimum Gasteiger partial charge on any atom is -0.207 e. The molecule has 2 aromatic carbocycles. The maximum atomic E-state index is 13.5. The van der Waals surface area contributed by atoms with Crippen molar-refractivity contribution in [2.45, 2.75) is 9.79 Å². The van der Waals surface area contributed by atoms with Gasteiger partial charge in [-0.1, -0.05) is 23.4 Å². The first-order valence-electron chi connectivity index (χ1n) is 4.92. The molecule has 0 amide bonds. The van der Waals surface area contributed by atoms with Crippen molar-refractivity contribution in [3.63, 3.8) is 0 Å². The van der Waals surface area contributed by atoms with Crippen LogP contribution < -0.4 is 0 Å². The fraction of sp³-hybridized carbons (Fsp3) is 0. The zero-order chi connectivity index (χ0) is 13.1. The lowest BCUT2D eigenvalue weighted by molar-refractivity contribution is 0.565. The van der Waals surface area contributed by atoms with E-state index in [0.717, 1.165) is 17.8 Å². The Morgan fingerprint density at radius 1 is 1.06 bits per heavy atom. The Morgan fingerprint density at radius 2 is 1.83 bits per heavy atom. The Morgan fingerprint density at radius 3 is 2.50 bits per heavy atom. The predicted octanol–water partition coefficient (Wildman–Crippen LogP) is 4.64. The monoisotopic (exact) mass is 281 g/mol. The molecule has 0 N–H and O–H groups in total. The van der Waals surface area contributed by atoms with Crippen molar-refractivity contribution < 1.29 is 8.78 Å². The van der Waals surface area contributed by atoms with E-state index in [-0.39, 0.29) is 4.90 Å². The standard InChI is InChI=1S/C13H6ClF2NS/c14-9-2-1-8(7-17)13(5-9)18-12-4-3-10(15)6-11(12)16/h1-6H. The summed E-state index contributed by atoms with van der Waals surface area (Å²) in [6.45, 7) is 0. The van der Waals surface area contributed by atoms with Crippen LogP contribution in [-0.4, -0.2) is 0 Å². The Bertz CT molecular complexity index is 637. The van der Waals surface area contributed by atoms with E-state index < -0.39 is 11.6 Å². The lowest BCUT2D eigenvalue weighted by atomic mass is 10.2. The fourth-order valence-electron chi connectivity index (χ4n) is 1.35. The molecule has 0 unspecified atom stereocenters. The second-order valence-corrected chi connectivity index (χ2v) is 4.95. The molecular weight excluding hydrogens is 276 g/mol.